The quantitative estimate of drug-likeness (QED) is 0.184. The van der Waals surface area contributed by atoms with Crippen LogP contribution in [0.25, 0.3) is 0 Å². The Morgan fingerprint density at radius 2 is 1.66 bits per heavy atom. The fourth-order valence-corrected chi connectivity index (χ4v) is 7.14. The van der Waals surface area contributed by atoms with Gasteiger partial charge < -0.3 is 0 Å². The van der Waals surface area contributed by atoms with E-state index in [0.717, 1.165) is 60.9 Å². The zero-order valence-electron chi connectivity index (χ0n) is 21.2. The standard InChI is InChI=1S/C28H26N6OS3/c1-4-36-25-22-23(18-12-8-6-9-13-18)29-28-33(24(22)30-27(31-25)37-5-2)20(16-38-28)21-17(3)32-34(26(21)35)19-14-10-7-11-15-19/h6-16,21,23H,4-5H2,1-3H3. The van der Waals surface area contributed by atoms with Gasteiger partial charge in [0.05, 0.1) is 22.7 Å². The van der Waals surface area contributed by atoms with E-state index in [1.807, 2.05) is 60.9 Å². The third-order valence-corrected chi connectivity index (χ3v) is 8.89. The number of aromatic nitrogens is 2. The predicted octanol–water partition coefficient (Wildman–Crippen LogP) is 6.59. The molecule has 0 fully saturated rings. The minimum Gasteiger partial charge on any atom is -0.275 e. The van der Waals surface area contributed by atoms with E-state index in [4.69, 9.17) is 15.0 Å². The van der Waals surface area contributed by atoms with Crippen LogP contribution in [0.4, 0.5) is 11.5 Å². The second kappa shape index (κ2) is 10.6. The second-order valence-corrected chi connectivity index (χ2v) is 12.1. The van der Waals surface area contributed by atoms with Gasteiger partial charge in [0, 0.05) is 5.41 Å². The molecule has 10 heteroatoms. The highest BCUT2D eigenvalue weighted by atomic mass is 32.2. The fraction of sp³-hybridized carbons (Fsp3) is 0.250. The lowest BCUT2D eigenvalue weighted by Gasteiger charge is -2.33. The van der Waals surface area contributed by atoms with Gasteiger partial charge in [0.2, 0.25) is 0 Å². The number of carbonyl (C=O) groups is 1. The Kier molecular flexibility index (Phi) is 7.03. The highest BCUT2D eigenvalue weighted by Crippen LogP contribution is 2.49. The van der Waals surface area contributed by atoms with E-state index in [-0.39, 0.29) is 11.9 Å². The van der Waals surface area contributed by atoms with Crippen LogP contribution in [0.1, 0.15) is 37.9 Å². The summed E-state index contributed by atoms with van der Waals surface area (Å²) in [4.78, 5) is 31.1. The summed E-state index contributed by atoms with van der Waals surface area (Å²) in [6.07, 6.45) is 0. The van der Waals surface area contributed by atoms with Crippen LogP contribution in [-0.2, 0) is 4.79 Å². The molecule has 0 spiro atoms. The van der Waals surface area contributed by atoms with Gasteiger partial charge in [-0.15, -0.1) is 11.8 Å². The molecule has 192 valence electrons. The Labute approximate surface area is 234 Å². The topological polar surface area (TPSA) is 74.1 Å². The van der Waals surface area contributed by atoms with Crippen molar-refractivity contribution < 1.29 is 4.79 Å². The Morgan fingerprint density at radius 3 is 2.37 bits per heavy atom. The summed E-state index contributed by atoms with van der Waals surface area (Å²) >= 11 is 4.87. The van der Waals surface area contributed by atoms with E-state index in [1.165, 1.54) is 16.8 Å². The summed E-state index contributed by atoms with van der Waals surface area (Å²) in [7, 11) is 0. The van der Waals surface area contributed by atoms with Crippen LogP contribution in [0.3, 0.4) is 0 Å². The Morgan fingerprint density at radius 1 is 0.947 bits per heavy atom. The molecule has 7 nitrogen and oxygen atoms in total. The van der Waals surface area contributed by atoms with Crippen molar-refractivity contribution in [3.63, 3.8) is 0 Å². The summed E-state index contributed by atoms with van der Waals surface area (Å²) in [5.74, 6) is 1.97. The molecular formula is C28H26N6OS3. The van der Waals surface area contributed by atoms with Crippen molar-refractivity contribution in [2.75, 3.05) is 21.4 Å². The first-order chi connectivity index (χ1) is 18.6. The Bertz CT molecular complexity index is 1470. The molecule has 3 aliphatic rings. The van der Waals surface area contributed by atoms with E-state index >= 15 is 0 Å². The lowest BCUT2D eigenvalue weighted by Crippen LogP contribution is -2.38. The summed E-state index contributed by atoms with van der Waals surface area (Å²) in [6.45, 7) is 6.15. The zero-order valence-corrected chi connectivity index (χ0v) is 23.7. The number of nitrogens with zero attached hydrogens (tertiary/aromatic N) is 6. The van der Waals surface area contributed by atoms with E-state index < -0.39 is 5.92 Å². The molecule has 0 saturated heterocycles. The Balaban J connectivity index is 1.47. The van der Waals surface area contributed by atoms with Gasteiger partial charge in [-0.3, -0.25) is 9.69 Å². The first kappa shape index (κ1) is 25.2. The molecule has 4 heterocycles. The molecule has 0 N–H and O–H groups in total. The van der Waals surface area contributed by atoms with Crippen LogP contribution >= 0.6 is 35.3 Å². The molecule has 0 bridgehead atoms. The van der Waals surface area contributed by atoms with Crippen molar-refractivity contribution in [1.29, 1.82) is 0 Å². The smallest absolute Gasteiger partial charge is 0.262 e. The molecule has 0 aliphatic carbocycles. The van der Waals surface area contributed by atoms with Crippen LogP contribution in [0.5, 0.6) is 0 Å². The third kappa shape index (κ3) is 4.34. The maximum atomic E-state index is 13.8. The minimum absolute atomic E-state index is 0.0751. The van der Waals surface area contributed by atoms with Crippen LogP contribution < -0.4 is 9.91 Å². The molecule has 1 aromatic heterocycles. The van der Waals surface area contributed by atoms with E-state index in [2.05, 4.69) is 36.0 Å². The molecule has 0 radical (unpaired) electrons. The SMILES string of the molecule is CCSc1nc(SCC)c2c(n1)N1C(C3C(=O)N(c4ccccc4)N=C3C)=CSC1=NC2c1ccccc1. The van der Waals surface area contributed by atoms with Crippen LogP contribution in [0.15, 0.2) is 92.0 Å². The molecule has 1 amide bonds. The molecule has 2 unspecified atom stereocenters. The first-order valence-corrected chi connectivity index (χ1v) is 15.4. The van der Waals surface area contributed by atoms with E-state index in [1.54, 1.807) is 23.5 Å². The van der Waals surface area contributed by atoms with Gasteiger partial charge in [0.25, 0.3) is 5.91 Å². The van der Waals surface area contributed by atoms with Crippen LogP contribution in [-0.4, -0.2) is 38.3 Å². The number of hydrogen-bond acceptors (Lipinski definition) is 9. The maximum Gasteiger partial charge on any atom is 0.262 e. The molecule has 2 aromatic carbocycles. The molecule has 3 aromatic rings. The number of thioether (sulfide) groups is 3. The number of hydrogen-bond donors (Lipinski definition) is 0. The monoisotopic (exact) mass is 558 g/mol. The number of para-hydroxylation sites is 1. The van der Waals surface area contributed by atoms with Gasteiger partial charge in [-0.05, 0) is 36.1 Å². The average Bonchev–Trinajstić information content (AvgIpc) is 3.49. The summed E-state index contributed by atoms with van der Waals surface area (Å²) in [5.41, 5.74) is 4.43. The van der Waals surface area contributed by atoms with Crippen LogP contribution in [0, 0.1) is 5.92 Å². The van der Waals surface area contributed by atoms with Crippen LogP contribution in [0.2, 0.25) is 0 Å². The van der Waals surface area contributed by atoms with Gasteiger partial charge in [-0.25, -0.2) is 15.0 Å². The average molecular weight is 559 g/mol. The van der Waals surface area contributed by atoms with Crippen molar-refractivity contribution in [2.24, 2.45) is 16.0 Å². The van der Waals surface area contributed by atoms with Crippen molar-refractivity contribution in [2.45, 2.75) is 37.0 Å². The lowest BCUT2D eigenvalue weighted by atomic mass is 9.96. The third-order valence-electron chi connectivity index (χ3n) is 6.43. The summed E-state index contributed by atoms with van der Waals surface area (Å²) in [6, 6.07) is 19.6. The van der Waals surface area contributed by atoms with Gasteiger partial charge >= 0.3 is 0 Å². The van der Waals surface area contributed by atoms with Crippen molar-refractivity contribution in [3.05, 3.63) is 82.9 Å². The van der Waals surface area contributed by atoms with Gasteiger partial charge in [-0.2, -0.15) is 10.1 Å². The predicted molar refractivity (Wildman–Crippen MR) is 159 cm³/mol. The number of carbonyl (C=O) groups excluding carboxylic acids is 1. The zero-order chi connectivity index (χ0) is 26.2. The molecule has 3 aliphatic heterocycles. The fourth-order valence-electron chi connectivity index (χ4n) is 4.81. The number of amides is 1. The minimum atomic E-state index is -0.518. The van der Waals surface area contributed by atoms with Crippen molar-refractivity contribution in [3.8, 4) is 0 Å². The normalized spacial score (nSPS) is 20.2. The Hall–Kier alpha value is -3.08. The molecule has 6 rings (SSSR count). The molecular weight excluding hydrogens is 533 g/mol. The van der Waals surface area contributed by atoms with Gasteiger partial charge in [-0.1, -0.05) is 85.9 Å². The number of hydrazone groups is 1. The maximum absolute atomic E-state index is 13.8. The largest absolute Gasteiger partial charge is 0.275 e. The van der Waals surface area contributed by atoms with Gasteiger partial charge in [0.1, 0.15) is 17.0 Å². The molecule has 2 atom stereocenters. The van der Waals surface area contributed by atoms with Gasteiger partial charge in [0.15, 0.2) is 16.1 Å². The number of benzene rings is 2. The number of amidine groups is 1. The number of aliphatic imine (C=N–C) groups is 1. The second-order valence-electron chi connectivity index (χ2n) is 8.80. The number of fused-ring (bicyclic) bond motifs is 3. The van der Waals surface area contributed by atoms with Crippen molar-refractivity contribution >= 4 is 63.6 Å². The number of rotatable bonds is 7. The lowest BCUT2D eigenvalue weighted by molar-refractivity contribution is -0.119. The highest BCUT2D eigenvalue weighted by Gasteiger charge is 2.46. The van der Waals surface area contributed by atoms with E-state index in [0.29, 0.717) is 0 Å². The molecule has 38 heavy (non-hydrogen) atoms. The summed E-state index contributed by atoms with van der Waals surface area (Å²) in [5, 5.41) is 10.7. The van der Waals surface area contributed by atoms with E-state index in [9.17, 15) is 4.79 Å². The number of anilines is 2. The first-order valence-electron chi connectivity index (χ1n) is 12.5. The summed E-state index contributed by atoms with van der Waals surface area (Å²) < 4.78 is 0. The highest BCUT2D eigenvalue weighted by molar-refractivity contribution is 8.17. The molecule has 0 saturated carbocycles. The van der Waals surface area contributed by atoms with Crippen molar-refractivity contribution in [1.82, 2.24) is 9.97 Å².